The summed E-state index contributed by atoms with van der Waals surface area (Å²) in [4.78, 5) is 0. The zero-order valence-electron chi connectivity index (χ0n) is 12.2. The van der Waals surface area contributed by atoms with Crippen LogP contribution in [0.4, 0.5) is 5.69 Å². The van der Waals surface area contributed by atoms with Crippen LogP contribution in [0.1, 0.15) is 11.1 Å². The molecule has 0 aliphatic heterocycles. The van der Waals surface area contributed by atoms with Gasteiger partial charge in [-0.3, -0.25) is 0 Å². The maximum Gasteiger partial charge on any atom is 0.103 e. The van der Waals surface area contributed by atoms with E-state index in [0.717, 1.165) is 28.0 Å². The van der Waals surface area contributed by atoms with Gasteiger partial charge in [0.05, 0.1) is 23.0 Å². The predicted octanol–water partition coefficient (Wildman–Crippen LogP) is 3.08. The van der Waals surface area contributed by atoms with Crippen molar-refractivity contribution in [3.63, 3.8) is 0 Å². The number of nitrogens with one attached hydrogen (secondary N) is 1. The van der Waals surface area contributed by atoms with Crippen LogP contribution >= 0.6 is 0 Å². The van der Waals surface area contributed by atoms with E-state index in [2.05, 4.69) is 48.2 Å². The van der Waals surface area contributed by atoms with Gasteiger partial charge in [-0.05, 0) is 19.1 Å². The van der Waals surface area contributed by atoms with Crippen molar-refractivity contribution in [3.8, 4) is 11.3 Å². The SMILES string of the molecule is C=C(NC)c1c(-c2ccc(C)cc2)nn2cc(N)ccc12. The lowest BCUT2D eigenvalue weighted by atomic mass is 10.0. The molecule has 4 nitrogen and oxygen atoms in total. The number of anilines is 1. The fraction of sp³-hybridized carbons (Fsp3) is 0.118. The van der Waals surface area contributed by atoms with Crippen LogP contribution in [0, 0.1) is 6.92 Å². The Bertz CT molecular complexity index is 813. The third-order valence-electron chi connectivity index (χ3n) is 3.58. The molecule has 0 bridgehead atoms. The first kappa shape index (κ1) is 13.2. The lowest BCUT2D eigenvalue weighted by Gasteiger charge is -2.06. The van der Waals surface area contributed by atoms with E-state index in [-0.39, 0.29) is 0 Å². The molecule has 0 atom stereocenters. The molecule has 4 heteroatoms. The number of fused-ring (bicyclic) bond motifs is 1. The minimum Gasteiger partial charge on any atom is -0.397 e. The first-order chi connectivity index (χ1) is 10.1. The topological polar surface area (TPSA) is 55.4 Å². The molecular weight excluding hydrogens is 260 g/mol. The predicted molar refractivity (Wildman–Crippen MR) is 87.9 cm³/mol. The van der Waals surface area contributed by atoms with Gasteiger partial charge in [-0.15, -0.1) is 0 Å². The molecule has 0 amide bonds. The van der Waals surface area contributed by atoms with E-state index in [4.69, 9.17) is 5.73 Å². The monoisotopic (exact) mass is 278 g/mol. The van der Waals surface area contributed by atoms with Crippen molar-refractivity contribution in [3.05, 3.63) is 60.3 Å². The maximum atomic E-state index is 5.85. The second-order valence-corrected chi connectivity index (χ2v) is 5.11. The van der Waals surface area contributed by atoms with E-state index in [9.17, 15) is 0 Å². The van der Waals surface area contributed by atoms with Gasteiger partial charge in [0, 0.05) is 18.3 Å². The lowest BCUT2D eigenvalue weighted by Crippen LogP contribution is -2.03. The van der Waals surface area contributed by atoms with Crippen molar-refractivity contribution in [2.45, 2.75) is 6.92 Å². The summed E-state index contributed by atoms with van der Waals surface area (Å²) in [6.07, 6.45) is 1.82. The number of pyridine rings is 1. The molecule has 106 valence electrons. The fourth-order valence-corrected chi connectivity index (χ4v) is 2.40. The summed E-state index contributed by atoms with van der Waals surface area (Å²) >= 11 is 0. The molecule has 0 saturated carbocycles. The van der Waals surface area contributed by atoms with Crippen molar-refractivity contribution in [2.75, 3.05) is 12.8 Å². The van der Waals surface area contributed by atoms with Gasteiger partial charge < -0.3 is 11.1 Å². The number of hydrogen-bond donors (Lipinski definition) is 2. The van der Waals surface area contributed by atoms with Gasteiger partial charge in [0.1, 0.15) is 5.69 Å². The Balaban J connectivity index is 2.30. The van der Waals surface area contributed by atoms with Crippen LogP contribution in [0.3, 0.4) is 0 Å². The quantitative estimate of drug-likeness (QED) is 0.774. The summed E-state index contributed by atoms with van der Waals surface area (Å²) in [5.41, 5.74) is 12.5. The average molecular weight is 278 g/mol. The highest BCUT2D eigenvalue weighted by Crippen LogP contribution is 2.30. The standard InChI is InChI=1S/C17H18N4/c1-11-4-6-13(7-5-11)17-16(12(2)19-3)15-9-8-14(18)10-21(15)20-17/h4-10,19H,2,18H2,1,3H3. The molecule has 0 spiro atoms. The molecule has 1 aromatic carbocycles. The third-order valence-corrected chi connectivity index (χ3v) is 3.58. The maximum absolute atomic E-state index is 5.85. The molecule has 0 radical (unpaired) electrons. The Hall–Kier alpha value is -2.75. The minimum atomic E-state index is 0.682. The molecule has 0 fully saturated rings. The summed E-state index contributed by atoms with van der Waals surface area (Å²) in [6.45, 7) is 6.17. The Morgan fingerprint density at radius 3 is 2.57 bits per heavy atom. The summed E-state index contributed by atoms with van der Waals surface area (Å²) in [5.74, 6) is 0. The van der Waals surface area contributed by atoms with Crippen molar-refractivity contribution >= 4 is 16.9 Å². The van der Waals surface area contributed by atoms with Crippen LogP contribution in [-0.4, -0.2) is 16.7 Å². The largest absolute Gasteiger partial charge is 0.397 e. The highest BCUT2D eigenvalue weighted by atomic mass is 15.2. The minimum absolute atomic E-state index is 0.682. The van der Waals surface area contributed by atoms with Gasteiger partial charge in [-0.2, -0.15) is 5.10 Å². The first-order valence-electron chi connectivity index (χ1n) is 6.82. The number of hydrogen-bond acceptors (Lipinski definition) is 3. The molecule has 0 unspecified atom stereocenters. The van der Waals surface area contributed by atoms with E-state index < -0.39 is 0 Å². The van der Waals surface area contributed by atoms with Crippen molar-refractivity contribution < 1.29 is 0 Å². The van der Waals surface area contributed by atoms with E-state index in [1.165, 1.54) is 5.56 Å². The zero-order valence-corrected chi connectivity index (χ0v) is 12.2. The molecule has 21 heavy (non-hydrogen) atoms. The normalized spacial score (nSPS) is 10.8. The van der Waals surface area contributed by atoms with Crippen molar-refractivity contribution in [1.29, 1.82) is 0 Å². The Labute approximate surface area is 123 Å². The number of nitrogen functional groups attached to an aromatic ring is 1. The summed E-state index contributed by atoms with van der Waals surface area (Å²) in [7, 11) is 1.86. The van der Waals surface area contributed by atoms with Crippen molar-refractivity contribution in [1.82, 2.24) is 14.9 Å². The molecular formula is C17H18N4. The molecule has 0 aliphatic carbocycles. The van der Waals surface area contributed by atoms with Crippen LogP contribution in [0.25, 0.3) is 22.5 Å². The zero-order chi connectivity index (χ0) is 15.0. The Kier molecular flexibility index (Phi) is 3.14. The van der Waals surface area contributed by atoms with E-state index >= 15 is 0 Å². The average Bonchev–Trinajstić information content (AvgIpc) is 2.85. The van der Waals surface area contributed by atoms with Gasteiger partial charge in [0.2, 0.25) is 0 Å². The number of rotatable bonds is 3. The second kappa shape index (κ2) is 4.98. The van der Waals surface area contributed by atoms with E-state index in [1.54, 1.807) is 0 Å². The van der Waals surface area contributed by atoms with E-state index in [0.29, 0.717) is 5.69 Å². The number of aromatic nitrogens is 2. The number of nitrogens with two attached hydrogens (primary N) is 1. The molecule has 0 aliphatic rings. The highest BCUT2D eigenvalue weighted by Gasteiger charge is 2.16. The fourth-order valence-electron chi connectivity index (χ4n) is 2.40. The molecule has 3 rings (SSSR count). The Morgan fingerprint density at radius 1 is 1.19 bits per heavy atom. The summed E-state index contributed by atoms with van der Waals surface area (Å²) in [5, 5.41) is 7.79. The van der Waals surface area contributed by atoms with Gasteiger partial charge in [0.25, 0.3) is 0 Å². The van der Waals surface area contributed by atoms with Crippen LogP contribution in [0.5, 0.6) is 0 Å². The van der Waals surface area contributed by atoms with Crippen LogP contribution < -0.4 is 11.1 Å². The lowest BCUT2D eigenvalue weighted by molar-refractivity contribution is 0.968. The smallest absolute Gasteiger partial charge is 0.103 e. The van der Waals surface area contributed by atoms with Crippen molar-refractivity contribution in [2.24, 2.45) is 0 Å². The summed E-state index contributed by atoms with van der Waals surface area (Å²) in [6, 6.07) is 12.2. The van der Waals surface area contributed by atoms with Gasteiger partial charge in [-0.1, -0.05) is 36.4 Å². The molecule has 3 aromatic rings. The molecule has 2 heterocycles. The van der Waals surface area contributed by atoms with Crippen LogP contribution in [0.15, 0.2) is 49.2 Å². The number of benzene rings is 1. The molecule has 3 N–H and O–H groups in total. The van der Waals surface area contributed by atoms with Crippen LogP contribution in [-0.2, 0) is 0 Å². The van der Waals surface area contributed by atoms with Gasteiger partial charge in [0.15, 0.2) is 0 Å². The van der Waals surface area contributed by atoms with Gasteiger partial charge >= 0.3 is 0 Å². The molecule has 0 saturated heterocycles. The second-order valence-electron chi connectivity index (χ2n) is 5.11. The highest BCUT2D eigenvalue weighted by molar-refractivity contribution is 5.87. The van der Waals surface area contributed by atoms with Gasteiger partial charge in [-0.25, -0.2) is 4.52 Å². The number of aryl methyl sites for hydroxylation is 1. The number of nitrogens with zero attached hydrogens (tertiary/aromatic N) is 2. The van der Waals surface area contributed by atoms with E-state index in [1.807, 2.05) is 29.9 Å². The van der Waals surface area contributed by atoms with Crippen LogP contribution in [0.2, 0.25) is 0 Å². The summed E-state index contributed by atoms with van der Waals surface area (Å²) < 4.78 is 1.81. The Morgan fingerprint density at radius 2 is 1.90 bits per heavy atom. The third kappa shape index (κ3) is 2.25. The first-order valence-corrected chi connectivity index (χ1v) is 6.82. The molecule has 2 aromatic heterocycles.